The molecule has 1 amide bonds. The van der Waals surface area contributed by atoms with E-state index in [0.717, 1.165) is 5.56 Å². The van der Waals surface area contributed by atoms with Gasteiger partial charge in [0.1, 0.15) is 5.82 Å². The van der Waals surface area contributed by atoms with Gasteiger partial charge in [-0.15, -0.1) is 0 Å². The molecule has 2 aromatic heterocycles. The molecular formula is C23H20Cl2N4O3. The van der Waals surface area contributed by atoms with Gasteiger partial charge in [-0.1, -0.05) is 23.2 Å². The summed E-state index contributed by atoms with van der Waals surface area (Å²) in [7, 11) is 0. The van der Waals surface area contributed by atoms with E-state index in [1.54, 1.807) is 41.4 Å². The van der Waals surface area contributed by atoms with Gasteiger partial charge in [-0.2, -0.15) is 0 Å². The van der Waals surface area contributed by atoms with Crippen molar-refractivity contribution in [1.82, 2.24) is 19.9 Å². The molecule has 7 nitrogen and oxygen atoms in total. The third-order valence-corrected chi connectivity index (χ3v) is 5.51. The molecule has 0 saturated carbocycles. The number of rotatable bonds is 7. The van der Waals surface area contributed by atoms with Gasteiger partial charge < -0.3 is 14.3 Å². The Morgan fingerprint density at radius 2 is 1.88 bits per heavy atom. The summed E-state index contributed by atoms with van der Waals surface area (Å²) in [5.74, 6) is 1.41. The van der Waals surface area contributed by atoms with E-state index in [9.17, 15) is 9.59 Å². The molecule has 9 heteroatoms. The van der Waals surface area contributed by atoms with Crippen molar-refractivity contribution in [2.24, 2.45) is 0 Å². The Hall–Kier alpha value is -3.16. The van der Waals surface area contributed by atoms with Crippen LogP contribution < -0.4 is 5.56 Å². The van der Waals surface area contributed by atoms with Crippen molar-refractivity contribution < 1.29 is 9.21 Å². The van der Waals surface area contributed by atoms with Crippen LogP contribution >= 0.6 is 23.2 Å². The van der Waals surface area contributed by atoms with Crippen LogP contribution in [0.1, 0.15) is 25.1 Å². The highest BCUT2D eigenvalue weighted by Crippen LogP contribution is 2.23. The molecule has 2 heterocycles. The Kier molecular flexibility index (Phi) is 6.58. The number of fused-ring (bicyclic) bond motifs is 1. The number of hydrogen-bond donors (Lipinski definition) is 1. The number of H-pyrrole nitrogens is 1. The lowest BCUT2D eigenvalue weighted by Crippen LogP contribution is -2.32. The quantitative estimate of drug-likeness (QED) is 0.416. The topological polar surface area (TPSA) is 92.1 Å². The lowest BCUT2D eigenvalue weighted by Gasteiger charge is -2.20. The SMILES string of the molecule is CCN(Cc1nc2cc(Cl)ccc2c(=O)[nH]1)C(=O)CCc1ncc(-c2ccc(Cl)cc2)o1. The van der Waals surface area contributed by atoms with Crippen LogP contribution in [0.2, 0.25) is 10.0 Å². The van der Waals surface area contributed by atoms with Gasteiger partial charge in [-0.3, -0.25) is 9.59 Å². The molecule has 0 spiro atoms. The number of amides is 1. The molecule has 0 radical (unpaired) electrons. The van der Waals surface area contributed by atoms with Crippen molar-refractivity contribution in [3.8, 4) is 11.3 Å². The molecule has 0 aliphatic heterocycles. The van der Waals surface area contributed by atoms with Crippen molar-refractivity contribution >= 4 is 40.0 Å². The fourth-order valence-corrected chi connectivity index (χ4v) is 3.63. The van der Waals surface area contributed by atoms with Crippen LogP contribution in [0.25, 0.3) is 22.2 Å². The number of aromatic amines is 1. The number of benzene rings is 2. The van der Waals surface area contributed by atoms with Crippen LogP contribution in [0.3, 0.4) is 0 Å². The molecule has 164 valence electrons. The molecule has 0 unspecified atom stereocenters. The maximum Gasteiger partial charge on any atom is 0.258 e. The third kappa shape index (κ3) is 5.00. The summed E-state index contributed by atoms with van der Waals surface area (Å²) in [5.41, 5.74) is 1.09. The van der Waals surface area contributed by atoms with Crippen molar-refractivity contribution in [3.05, 3.63) is 80.8 Å². The molecule has 32 heavy (non-hydrogen) atoms. The third-order valence-electron chi connectivity index (χ3n) is 5.03. The molecule has 0 fully saturated rings. The molecule has 4 aromatic rings. The predicted molar refractivity (Wildman–Crippen MR) is 124 cm³/mol. The summed E-state index contributed by atoms with van der Waals surface area (Å²) in [5, 5.41) is 1.59. The van der Waals surface area contributed by atoms with E-state index in [1.165, 1.54) is 0 Å². The summed E-state index contributed by atoms with van der Waals surface area (Å²) < 4.78 is 5.77. The Morgan fingerprint density at radius 3 is 2.62 bits per heavy atom. The van der Waals surface area contributed by atoms with Crippen LogP contribution in [0.5, 0.6) is 0 Å². The highest BCUT2D eigenvalue weighted by molar-refractivity contribution is 6.31. The normalized spacial score (nSPS) is 11.1. The van der Waals surface area contributed by atoms with E-state index in [2.05, 4.69) is 15.0 Å². The van der Waals surface area contributed by atoms with E-state index >= 15 is 0 Å². The Labute approximate surface area is 194 Å². The first-order chi connectivity index (χ1) is 15.4. The predicted octanol–water partition coefficient (Wildman–Crippen LogP) is 4.87. The van der Waals surface area contributed by atoms with Crippen molar-refractivity contribution in [3.63, 3.8) is 0 Å². The number of halogens is 2. The number of nitrogens with zero attached hydrogens (tertiary/aromatic N) is 3. The van der Waals surface area contributed by atoms with Crippen LogP contribution in [0.4, 0.5) is 0 Å². The first kappa shape index (κ1) is 22.0. The number of oxazole rings is 1. The minimum atomic E-state index is -0.264. The zero-order chi connectivity index (χ0) is 22.7. The Balaban J connectivity index is 1.42. The van der Waals surface area contributed by atoms with E-state index in [1.807, 2.05) is 19.1 Å². The molecule has 0 aliphatic rings. The van der Waals surface area contributed by atoms with Gasteiger partial charge in [0, 0.05) is 35.0 Å². The summed E-state index contributed by atoms with van der Waals surface area (Å²) in [4.78, 5) is 38.2. The van der Waals surface area contributed by atoms with Gasteiger partial charge in [-0.05, 0) is 49.4 Å². The minimum Gasteiger partial charge on any atom is -0.441 e. The maximum atomic E-state index is 12.8. The molecule has 0 bridgehead atoms. The average Bonchev–Trinajstić information content (AvgIpc) is 3.25. The molecule has 2 aromatic carbocycles. The van der Waals surface area contributed by atoms with Gasteiger partial charge in [0.25, 0.3) is 5.56 Å². The molecular weight excluding hydrogens is 451 g/mol. The van der Waals surface area contributed by atoms with Crippen LogP contribution in [-0.2, 0) is 17.8 Å². The fraction of sp³-hybridized carbons (Fsp3) is 0.217. The zero-order valence-electron chi connectivity index (χ0n) is 17.3. The lowest BCUT2D eigenvalue weighted by molar-refractivity contribution is -0.131. The highest BCUT2D eigenvalue weighted by Gasteiger charge is 2.16. The van der Waals surface area contributed by atoms with Crippen LogP contribution in [0.15, 0.2) is 57.9 Å². The van der Waals surface area contributed by atoms with Gasteiger partial charge >= 0.3 is 0 Å². The summed E-state index contributed by atoms with van der Waals surface area (Å²) in [6.45, 7) is 2.53. The Morgan fingerprint density at radius 1 is 1.12 bits per heavy atom. The highest BCUT2D eigenvalue weighted by atomic mass is 35.5. The zero-order valence-corrected chi connectivity index (χ0v) is 18.8. The van der Waals surface area contributed by atoms with E-state index in [-0.39, 0.29) is 24.4 Å². The number of carbonyl (C=O) groups excluding carboxylic acids is 1. The van der Waals surface area contributed by atoms with Crippen LogP contribution in [0, 0.1) is 0 Å². The van der Waals surface area contributed by atoms with E-state index < -0.39 is 0 Å². The molecule has 0 atom stereocenters. The lowest BCUT2D eigenvalue weighted by atomic mass is 10.2. The smallest absolute Gasteiger partial charge is 0.258 e. The van der Waals surface area contributed by atoms with E-state index in [4.69, 9.17) is 27.6 Å². The molecule has 4 rings (SSSR count). The second-order valence-electron chi connectivity index (χ2n) is 7.21. The van der Waals surface area contributed by atoms with Gasteiger partial charge in [0.2, 0.25) is 5.91 Å². The minimum absolute atomic E-state index is 0.0902. The largest absolute Gasteiger partial charge is 0.441 e. The monoisotopic (exact) mass is 470 g/mol. The van der Waals surface area contributed by atoms with E-state index in [0.29, 0.717) is 51.4 Å². The Bertz CT molecular complexity index is 1320. The summed E-state index contributed by atoms with van der Waals surface area (Å²) >= 11 is 11.9. The number of aromatic nitrogens is 3. The van der Waals surface area contributed by atoms with Gasteiger partial charge in [-0.25, -0.2) is 9.97 Å². The first-order valence-corrected chi connectivity index (χ1v) is 10.9. The molecule has 1 N–H and O–H groups in total. The second kappa shape index (κ2) is 9.54. The number of aryl methyl sites for hydroxylation is 1. The molecule has 0 saturated heterocycles. The molecule has 0 aliphatic carbocycles. The second-order valence-corrected chi connectivity index (χ2v) is 8.08. The summed E-state index contributed by atoms with van der Waals surface area (Å²) in [6.07, 6.45) is 2.22. The maximum absolute atomic E-state index is 12.8. The first-order valence-electron chi connectivity index (χ1n) is 10.1. The average molecular weight is 471 g/mol. The standard InChI is InChI=1S/C23H20Cl2N4O3/c1-2-29(13-20-27-18-11-16(25)7-8-17(18)23(31)28-20)22(30)10-9-21-26-12-19(32-21)14-3-5-15(24)6-4-14/h3-8,11-12H,2,9-10,13H2,1H3,(H,27,28,31). The van der Waals surface area contributed by atoms with Crippen molar-refractivity contribution in [1.29, 1.82) is 0 Å². The van der Waals surface area contributed by atoms with Gasteiger partial charge in [0.15, 0.2) is 11.7 Å². The van der Waals surface area contributed by atoms with Crippen molar-refractivity contribution in [2.45, 2.75) is 26.3 Å². The number of nitrogens with one attached hydrogen (secondary N) is 1. The fourth-order valence-electron chi connectivity index (χ4n) is 3.34. The van der Waals surface area contributed by atoms with Gasteiger partial charge in [0.05, 0.1) is 23.6 Å². The van der Waals surface area contributed by atoms with Crippen molar-refractivity contribution in [2.75, 3.05) is 6.54 Å². The number of hydrogen-bond acceptors (Lipinski definition) is 5. The number of carbonyl (C=O) groups is 1. The van der Waals surface area contributed by atoms with Crippen LogP contribution in [-0.4, -0.2) is 32.3 Å². The summed E-state index contributed by atoms with van der Waals surface area (Å²) in [6, 6.07) is 12.2.